The zero-order valence-corrected chi connectivity index (χ0v) is 9.25. The number of carbonyl (C=O) groups excluding carboxylic acids is 1. The molecule has 0 heterocycles. The van der Waals surface area contributed by atoms with E-state index in [0.717, 1.165) is 0 Å². The molecule has 1 amide bonds. The minimum atomic E-state index is -1.19. The first-order valence-corrected chi connectivity index (χ1v) is 5.07. The number of hydrogen-bond donors (Lipinski definition) is 1. The fourth-order valence-electron chi connectivity index (χ4n) is 1.00. The van der Waals surface area contributed by atoms with Gasteiger partial charge in [-0.3, -0.25) is 14.9 Å². The molecule has 0 fully saturated rings. The molecule has 0 radical (unpaired) electrons. The molecule has 0 unspecified atom stereocenters. The van der Waals surface area contributed by atoms with Crippen molar-refractivity contribution in [3.05, 3.63) is 33.9 Å². The monoisotopic (exact) mass is 294 g/mol. The molecule has 5 nitrogen and oxygen atoms in total. The Morgan fingerprint density at radius 3 is 2.62 bits per heavy atom. The van der Waals surface area contributed by atoms with Crippen molar-refractivity contribution in [3.8, 4) is 0 Å². The van der Waals surface area contributed by atoms with Gasteiger partial charge in [-0.1, -0.05) is 15.9 Å². The van der Waals surface area contributed by atoms with E-state index in [-0.39, 0.29) is 5.33 Å². The highest BCUT2D eigenvalue weighted by Crippen LogP contribution is 2.28. The molecule has 0 bridgehead atoms. The van der Waals surface area contributed by atoms with E-state index in [0.29, 0.717) is 12.1 Å². The highest BCUT2D eigenvalue weighted by atomic mass is 79.9. The Kier molecular flexibility index (Phi) is 3.88. The number of halogens is 3. The number of anilines is 1. The van der Waals surface area contributed by atoms with Gasteiger partial charge in [0, 0.05) is 6.07 Å². The number of carbonyl (C=O) groups is 1. The normalized spacial score (nSPS) is 9.94. The van der Waals surface area contributed by atoms with Gasteiger partial charge in [-0.25, -0.2) is 8.78 Å². The summed E-state index contributed by atoms with van der Waals surface area (Å²) in [5.41, 5.74) is -1.47. The predicted molar refractivity (Wildman–Crippen MR) is 55.4 cm³/mol. The van der Waals surface area contributed by atoms with Crippen LogP contribution in [-0.2, 0) is 4.79 Å². The first-order chi connectivity index (χ1) is 7.45. The summed E-state index contributed by atoms with van der Waals surface area (Å²) < 4.78 is 25.9. The molecule has 0 aliphatic carbocycles. The lowest BCUT2D eigenvalue weighted by Gasteiger charge is -2.05. The Morgan fingerprint density at radius 2 is 2.12 bits per heavy atom. The number of amides is 1. The minimum absolute atomic E-state index is 0.152. The topological polar surface area (TPSA) is 72.2 Å². The third-order valence-electron chi connectivity index (χ3n) is 1.62. The first kappa shape index (κ1) is 12.5. The van der Waals surface area contributed by atoms with Gasteiger partial charge >= 0.3 is 0 Å². The third-order valence-corrected chi connectivity index (χ3v) is 2.13. The average Bonchev–Trinajstić information content (AvgIpc) is 2.20. The van der Waals surface area contributed by atoms with Crippen LogP contribution in [0.5, 0.6) is 0 Å². The van der Waals surface area contributed by atoms with E-state index in [1.54, 1.807) is 0 Å². The van der Waals surface area contributed by atoms with Crippen LogP contribution < -0.4 is 5.32 Å². The zero-order valence-electron chi connectivity index (χ0n) is 7.67. The molecule has 0 aliphatic heterocycles. The summed E-state index contributed by atoms with van der Waals surface area (Å²) in [6.07, 6.45) is 0. The third kappa shape index (κ3) is 2.72. The molecule has 0 saturated carbocycles. The van der Waals surface area contributed by atoms with Crippen LogP contribution in [0, 0.1) is 21.7 Å². The van der Waals surface area contributed by atoms with Gasteiger partial charge in [0.25, 0.3) is 5.69 Å². The molecule has 1 aromatic carbocycles. The number of nitrogens with one attached hydrogen (secondary N) is 1. The van der Waals surface area contributed by atoms with Crippen molar-refractivity contribution < 1.29 is 18.5 Å². The van der Waals surface area contributed by atoms with Gasteiger partial charge in [-0.15, -0.1) is 0 Å². The predicted octanol–water partition coefficient (Wildman–Crippen LogP) is 2.21. The van der Waals surface area contributed by atoms with Crippen LogP contribution in [0.2, 0.25) is 0 Å². The summed E-state index contributed by atoms with van der Waals surface area (Å²) in [4.78, 5) is 20.5. The van der Waals surface area contributed by atoms with E-state index in [1.807, 2.05) is 5.32 Å². The van der Waals surface area contributed by atoms with E-state index in [4.69, 9.17) is 0 Å². The molecule has 0 spiro atoms. The summed E-state index contributed by atoms with van der Waals surface area (Å²) in [6, 6.07) is 0.990. The Hall–Kier alpha value is -1.57. The molecule has 1 rings (SSSR count). The lowest BCUT2D eigenvalue weighted by Crippen LogP contribution is -2.15. The maximum atomic E-state index is 13.2. The van der Waals surface area contributed by atoms with Crippen molar-refractivity contribution in [1.82, 2.24) is 0 Å². The second-order valence-electron chi connectivity index (χ2n) is 2.72. The second kappa shape index (κ2) is 4.97. The molecule has 0 atom stereocenters. The fraction of sp³-hybridized carbons (Fsp3) is 0.125. The van der Waals surface area contributed by atoms with Gasteiger partial charge in [0.05, 0.1) is 16.3 Å². The summed E-state index contributed by atoms with van der Waals surface area (Å²) in [7, 11) is 0. The van der Waals surface area contributed by atoms with Crippen LogP contribution in [0.1, 0.15) is 0 Å². The van der Waals surface area contributed by atoms with Crippen molar-refractivity contribution in [3.63, 3.8) is 0 Å². The molecule has 1 aromatic rings. The summed E-state index contributed by atoms with van der Waals surface area (Å²) in [5.74, 6) is -2.95. The summed E-state index contributed by atoms with van der Waals surface area (Å²) in [6.45, 7) is 0. The lowest BCUT2D eigenvalue weighted by atomic mass is 10.2. The van der Waals surface area contributed by atoms with Gasteiger partial charge in [-0.2, -0.15) is 0 Å². The van der Waals surface area contributed by atoms with Crippen molar-refractivity contribution >= 4 is 33.2 Å². The molecule has 86 valence electrons. The molecule has 16 heavy (non-hydrogen) atoms. The number of alkyl halides is 1. The van der Waals surface area contributed by atoms with Crippen LogP contribution >= 0.6 is 15.9 Å². The molecular weight excluding hydrogens is 290 g/mol. The van der Waals surface area contributed by atoms with Crippen molar-refractivity contribution in [1.29, 1.82) is 0 Å². The van der Waals surface area contributed by atoms with Gasteiger partial charge in [0.15, 0.2) is 11.5 Å². The Balaban J connectivity index is 3.24. The second-order valence-corrected chi connectivity index (χ2v) is 3.28. The highest BCUT2D eigenvalue weighted by molar-refractivity contribution is 9.09. The summed E-state index contributed by atoms with van der Waals surface area (Å²) >= 11 is 2.79. The van der Waals surface area contributed by atoms with Crippen molar-refractivity contribution in [2.45, 2.75) is 0 Å². The number of rotatable bonds is 3. The number of hydrogen-bond acceptors (Lipinski definition) is 3. The number of nitro benzene ring substituents is 1. The highest BCUT2D eigenvalue weighted by Gasteiger charge is 2.21. The fourth-order valence-corrected chi connectivity index (χ4v) is 1.14. The average molecular weight is 295 g/mol. The van der Waals surface area contributed by atoms with Crippen LogP contribution in [0.15, 0.2) is 12.1 Å². The lowest BCUT2D eigenvalue weighted by molar-refractivity contribution is -0.384. The Labute approximate surface area is 96.7 Å². The van der Waals surface area contributed by atoms with E-state index >= 15 is 0 Å². The number of nitro groups is 1. The van der Waals surface area contributed by atoms with Gasteiger partial charge < -0.3 is 5.32 Å². The number of benzene rings is 1. The van der Waals surface area contributed by atoms with E-state index in [2.05, 4.69) is 15.9 Å². The maximum Gasteiger partial charge on any atom is 0.298 e. The van der Waals surface area contributed by atoms with E-state index in [9.17, 15) is 23.7 Å². The first-order valence-electron chi connectivity index (χ1n) is 3.95. The standard InChI is InChI=1S/C8H5BrF2N2O3/c9-3-7(14)12-8-5(11)1-4(10)2-6(8)13(15)16/h1-2H,3H2,(H,12,14). The zero-order chi connectivity index (χ0) is 12.3. The van der Waals surface area contributed by atoms with Crippen molar-refractivity contribution in [2.75, 3.05) is 10.6 Å². The molecule has 1 N–H and O–H groups in total. The van der Waals surface area contributed by atoms with Crippen molar-refractivity contribution in [2.24, 2.45) is 0 Å². The molecule has 8 heteroatoms. The quantitative estimate of drug-likeness (QED) is 0.528. The molecule has 0 aliphatic rings. The largest absolute Gasteiger partial charge is 0.317 e. The molecule has 0 aromatic heterocycles. The maximum absolute atomic E-state index is 13.2. The van der Waals surface area contributed by atoms with E-state index < -0.39 is 33.8 Å². The SMILES string of the molecule is O=C(CBr)Nc1c(F)cc(F)cc1[N+](=O)[O-]. The van der Waals surface area contributed by atoms with E-state index in [1.165, 1.54) is 0 Å². The van der Waals surface area contributed by atoms with Crippen LogP contribution in [0.3, 0.4) is 0 Å². The Morgan fingerprint density at radius 1 is 1.50 bits per heavy atom. The van der Waals surface area contributed by atoms with Crippen LogP contribution in [-0.4, -0.2) is 16.2 Å². The molecular formula is C8H5BrF2N2O3. The van der Waals surface area contributed by atoms with Crippen LogP contribution in [0.25, 0.3) is 0 Å². The van der Waals surface area contributed by atoms with Gasteiger partial charge in [0.2, 0.25) is 5.91 Å². The Bertz CT molecular complexity index is 453. The van der Waals surface area contributed by atoms with Gasteiger partial charge in [-0.05, 0) is 0 Å². The summed E-state index contributed by atoms with van der Waals surface area (Å²) in [5, 5.41) is 12.3. The van der Waals surface area contributed by atoms with Gasteiger partial charge in [0.1, 0.15) is 5.82 Å². The minimum Gasteiger partial charge on any atom is -0.317 e. The smallest absolute Gasteiger partial charge is 0.298 e. The van der Waals surface area contributed by atoms with Crippen LogP contribution in [0.4, 0.5) is 20.2 Å². The molecule has 0 saturated heterocycles. The number of nitrogens with zero attached hydrogens (tertiary/aromatic N) is 1.